The SMILES string of the molecule is Cc1cc(CNCC2CCCCC2O)cc(C)c1O. The molecule has 106 valence electrons. The van der Waals surface area contributed by atoms with E-state index in [-0.39, 0.29) is 6.10 Å². The van der Waals surface area contributed by atoms with E-state index in [1.165, 1.54) is 12.0 Å². The standard InChI is InChI=1S/C16H25NO2/c1-11-7-13(8-12(2)16(11)19)9-17-10-14-5-3-4-6-15(14)18/h7-8,14-15,17-19H,3-6,9-10H2,1-2H3. The minimum atomic E-state index is -0.135. The molecule has 1 aliphatic rings. The predicted molar refractivity (Wildman–Crippen MR) is 77.3 cm³/mol. The normalized spacial score (nSPS) is 23.5. The van der Waals surface area contributed by atoms with Crippen LogP contribution < -0.4 is 5.32 Å². The first kappa shape index (κ1) is 14.4. The smallest absolute Gasteiger partial charge is 0.121 e. The van der Waals surface area contributed by atoms with E-state index in [4.69, 9.17) is 0 Å². The summed E-state index contributed by atoms with van der Waals surface area (Å²) in [5, 5.41) is 23.1. The van der Waals surface area contributed by atoms with E-state index in [0.29, 0.717) is 11.7 Å². The molecular formula is C16H25NO2. The Balaban J connectivity index is 1.85. The first-order valence-corrected chi connectivity index (χ1v) is 7.26. The van der Waals surface area contributed by atoms with Crippen LogP contribution in [0.3, 0.4) is 0 Å². The van der Waals surface area contributed by atoms with Gasteiger partial charge in [0.25, 0.3) is 0 Å². The van der Waals surface area contributed by atoms with Crippen molar-refractivity contribution in [2.75, 3.05) is 6.54 Å². The Bertz CT molecular complexity index is 408. The fourth-order valence-corrected chi connectivity index (χ4v) is 2.98. The van der Waals surface area contributed by atoms with Crippen molar-refractivity contribution in [2.24, 2.45) is 5.92 Å². The molecule has 3 heteroatoms. The van der Waals surface area contributed by atoms with Gasteiger partial charge in [0.05, 0.1) is 6.10 Å². The maximum absolute atomic E-state index is 9.92. The second-order valence-electron chi connectivity index (χ2n) is 5.82. The van der Waals surface area contributed by atoms with Gasteiger partial charge in [0.2, 0.25) is 0 Å². The van der Waals surface area contributed by atoms with E-state index in [2.05, 4.69) is 5.32 Å². The summed E-state index contributed by atoms with van der Waals surface area (Å²) in [6.07, 6.45) is 4.34. The largest absolute Gasteiger partial charge is 0.507 e. The third-order valence-corrected chi connectivity index (χ3v) is 4.16. The summed E-state index contributed by atoms with van der Waals surface area (Å²) >= 11 is 0. The number of benzene rings is 1. The van der Waals surface area contributed by atoms with E-state index in [1.807, 2.05) is 26.0 Å². The fourth-order valence-electron chi connectivity index (χ4n) is 2.98. The quantitative estimate of drug-likeness (QED) is 0.783. The topological polar surface area (TPSA) is 52.5 Å². The molecule has 0 aromatic heterocycles. The highest BCUT2D eigenvalue weighted by atomic mass is 16.3. The zero-order valence-electron chi connectivity index (χ0n) is 11.9. The van der Waals surface area contributed by atoms with Gasteiger partial charge in [-0.05, 0) is 49.3 Å². The molecule has 3 N–H and O–H groups in total. The number of aromatic hydroxyl groups is 1. The van der Waals surface area contributed by atoms with Crippen molar-refractivity contribution in [1.82, 2.24) is 5.32 Å². The molecule has 0 heterocycles. The van der Waals surface area contributed by atoms with Crippen molar-refractivity contribution >= 4 is 0 Å². The highest BCUT2D eigenvalue weighted by molar-refractivity contribution is 5.42. The van der Waals surface area contributed by atoms with Crippen LogP contribution in [0.2, 0.25) is 0 Å². The molecule has 19 heavy (non-hydrogen) atoms. The van der Waals surface area contributed by atoms with Gasteiger partial charge in [-0.1, -0.05) is 25.0 Å². The van der Waals surface area contributed by atoms with Crippen molar-refractivity contribution in [3.8, 4) is 5.75 Å². The molecule has 3 nitrogen and oxygen atoms in total. The Morgan fingerprint density at radius 3 is 2.42 bits per heavy atom. The maximum Gasteiger partial charge on any atom is 0.121 e. The first-order valence-electron chi connectivity index (χ1n) is 7.26. The molecular weight excluding hydrogens is 238 g/mol. The van der Waals surface area contributed by atoms with E-state index in [0.717, 1.165) is 43.5 Å². The molecule has 1 saturated carbocycles. The van der Waals surface area contributed by atoms with Gasteiger partial charge in [0.15, 0.2) is 0 Å². The lowest BCUT2D eigenvalue weighted by atomic mass is 9.86. The number of aliphatic hydroxyl groups excluding tert-OH is 1. The van der Waals surface area contributed by atoms with E-state index in [9.17, 15) is 10.2 Å². The van der Waals surface area contributed by atoms with Gasteiger partial charge in [-0.3, -0.25) is 0 Å². The van der Waals surface area contributed by atoms with Crippen LogP contribution in [0.15, 0.2) is 12.1 Å². The molecule has 1 fully saturated rings. The second-order valence-corrected chi connectivity index (χ2v) is 5.82. The van der Waals surface area contributed by atoms with Crippen LogP contribution in [0.5, 0.6) is 5.75 Å². The minimum absolute atomic E-state index is 0.135. The number of phenolic OH excluding ortho intramolecular Hbond substituents is 1. The highest BCUT2D eigenvalue weighted by Gasteiger charge is 2.22. The molecule has 1 aliphatic carbocycles. The summed E-state index contributed by atoms with van der Waals surface area (Å²) in [5.41, 5.74) is 3.04. The number of aryl methyl sites for hydroxylation is 2. The number of hydrogen-bond donors (Lipinski definition) is 3. The van der Waals surface area contributed by atoms with Crippen molar-refractivity contribution < 1.29 is 10.2 Å². The third kappa shape index (κ3) is 3.71. The molecule has 0 saturated heterocycles. The van der Waals surface area contributed by atoms with Crippen LogP contribution in [0.1, 0.15) is 42.4 Å². The zero-order chi connectivity index (χ0) is 13.8. The Hall–Kier alpha value is -1.06. The average molecular weight is 263 g/mol. The van der Waals surface area contributed by atoms with Gasteiger partial charge < -0.3 is 15.5 Å². The molecule has 2 atom stereocenters. The van der Waals surface area contributed by atoms with Gasteiger partial charge >= 0.3 is 0 Å². The molecule has 2 rings (SSSR count). The van der Waals surface area contributed by atoms with Crippen molar-refractivity contribution in [2.45, 2.75) is 52.2 Å². The van der Waals surface area contributed by atoms with Crippen LogP contribution >= 0.6 is 0 Å². The number of rotatable bonds is 4. The Morgan fingerprint density at radius 1 is 1.16 bits per heavy atom. The van der Waals surface area contributed by atoms with E-state index < -0.39 is 0 Å². The summed E-state index contributed by atoms with van der Waals surface area (Å²) in [4.78, 5) is 0. The number of hydrogen-bond acceptors (Lipinski definition) is 3. The molecule has 0 radical (unpaired) electrons. The number of aliphatic hydroxyl groups is 1. The molecule has 1 aromatic carbocycles. The van der Waals surface area contributed by atoms with Crippen LogP contribution in [-0.4, -0.2) is 22.9 Å². The molecule has 0 spiro atoms. The number of nitrogens with one attached hydrogen (secondary N) is 1. The van der Waals surface area contributed by atoms with E-state index >= 15 is 0 Å². The average Bonchev–Trinajstić information content (AvgIpc) is 2.38. The summed E-state index contributed by atoms with van der Waals surface area (Å²) in [6.45, 7) is 5.53. The van der Waals surface area contributed by atoms with Gasteiger partial charge in [-0.25, -0.2) is 0 Å². The van der Waals surface area contributed by atoms with Gasteiger partial charge in [-0.15, -0.1) is 0 Å². The lowest BCUT2D eigenvalue weighted by molar-refractivity contribution is 0.0695. The third-order valence-electron chi connectivity index (χ3n) is 4.16. The van der Waals surface area contributed by atoms with Crippen LogP contribution in [0.4, 0.5) is 0 Å². The van der Waals surface area contributed by atoms with Gasteiger partial charge in [0.1, 0.15) is 5.75 Å². The molecule has 2 unspecified atom stereocenters. The molecule has 1 aromatic rings. The number of phenols is 1. The minimum Gasteiger partial charge on any atom is -0.507 e. The maximum atomic E-state index is 9.92. The first-order chi connectivity index (χ1) is 9.08. The van der Waals surface area contributed by atoms with Crippen LogP contribution in [0.25, 0.3) is 0 Å². The lowest BCUT2D eigenvalue weighted by Crippen LogP contribution is -2.33. The fraction of sp³-hybridized carbons (Fsp3) is 0.625. The lowest BCUT2D eigenvalue weighted by Gasteiger charge is -2.27. The Morgan fingerprint density at radius 2 is 1.79 bits per heavy atom. The zero-order valence-corrected chi connectivity index (χ0v) is 11.9. The van der Waals surface area contributed by atoms with E-state index in [1.54, 1.807) is 0 Å². The van der Waals surface area contributed by atoms with Crippen LogP contribution in [0, 0.1) is 19.8 Å². The summed E-state index contributed by atoms with van der Waals surface area (Å²) in [7, 11) is 0. The summed E-state index contributed by atoms with van der Waals surface area (Å²) in [5.74, 6) is 0.791. The molecule has 0 aliphatic heterocycles. The van der Waals surface area contributed by atoms with Crippen molar-refractivity contribution in [3.05, 3.63) is 28.8 Å². The Labute approximate surface area is 115 Å². The van der Waals surface area contributed by atoms with Crippen molar-refractivity contribution in [3.63, 3.8) is 0 Å². The van der Waals surface area contributed by atoms with Crippen molar-refractivity contribution in [1.29, 1.82) is 0 Å². The monoisotopic (exact) mass is 263 g/mol. The molecule has 0 bridgehead atoms. The van der Waals surface area contributed by atoms with Gasteiger partial charge in [-0.2, -0.15) is 0 Å². The Kier molecular flexibility index (Phi) is 4.83. The van der Waals surface area contributed by atoms with Crippen LogP contribution in [-0.2, 0) is 6.54 Å². The second kappa shape index (κ2) is 6.40. The predicted octanol–water partition coefficient (Wildman–Crippen LogP) is 2.65. The summed E-state index contributed by atoms with van der Waals surface area (Å²) in [6, 6.07) is 4.04. The molecule has 0 amide bonds. The van der Waals surface area contributed by atoms with Gasteiger partial charge in [0, 0.05) is 13.1 Å². The summed E-state index contributed by atoms with van der Waals surface area (Å²) < 4.78 is 0. The highest BCUT2D eigenvalue weighted by Crippen LogP contribution is 2.25.